The van der Waals surface area contributed by atoms with Crippen LogP contribution in [0.4, 0.5) is 0 Å². The molecule has 32 heavy (non-hydrogen) atoms. The molecule has 0 spiro atoms. The lowest BCUT2D eigenvalue weighted by molar-refractivity contribution is -0.128. The number of aromatic nitrogens is 2. The smallest absolute Gasteiger partial charge is 0.223 e. The summed E-state index contributed by atoms with van der Waals surface area (Å²) in [6, 6.07) is 0. The summed E-state index contributed by atoms with van der Waals surface area (Å²) in [7, 11) is 1.86. The topological polar surface area (TPSA) is 56.2 Å². The Morgan fingerprint density at radius 1 is 1.06 bits per heavy atom. The predicted octanol–water partition coefficient (Wildman–Crippen LogP) is 5.25. The molecule has 0 aliphatic heterocycles. The molecule has 8 unspecified atom stereocenters. The Morgan fingerprint density at radius 3 is 2.66 bits per heavy atom. The Balaban J connectivity index is 1.39. The molecule has 1 amide bonds. The van der Waals surface area contributed by atoms with Crippen LogP contribution in [-0.2, 0) is 16.1 Å². The van der Waals surface area contributed by atoms with Gasteiger partial charge in [-0.25, -0.2) is 4.98 Å². The molecule has 0 bridgehead atoms. The monoisotopic (exact) mass is 483 g/mol. The maximum atomic E-state index is 13.3. The van der Waals surface area contributed by atoms with Crippen LogP contribution >= 0.6 is 23.2 Å². The maximum Gasteiger partial charge on any atom is 0.223 e. The summed E-state index contributed by atoms with van der Waals surface area (Å²) in [6.07, 6.45) is 17.1. The molecule has 0 saturated heterocycles. The zero-order valence-electron chi connectivity index (χ0n) is 19.3. The zero-order valence-corrected chi connectivity index (χ0v) is 20.8. The number of imidazole rings is 1. The molecule has 3 fully saturated rings. The highest BCUT2D eigenvalue weighted by Crippen LogP contribution is 2.44. The van der Waals surface area contributed by atoms with E-state index in [2.05, 4.69) is 14.9 Å². The summed E-state index contributed by atoms with van der Waals surface area (Å²) in [5.41, 5.74) is 0. The number of halogens is 2. The van der Waals surface area contributed by atoms with Gasteiger partial charge in [-0.3, -0.25) is 4.79 Å². The highest BCUT2D eigenvalue weighted by atomic mass is 35.5. The van der Waals surface area contributed by atoms with Crippen molar-refractivity contribution in [1.82, 2.24) is 14.9 Å². The summed E-state index contributed by atoms with van der Waals surface area (Å²) in [5.74, 6) is 2.38. The number of carbonyl (C=O) groups excluding carboxylic acids is 1. The second-order valence-electron chi connectivity index (χ2n) is 10.5. The Hall–Kier alpha value is -0.780. The number of amides is 1. The predicted molar refractivity (Wildman–Crippen MR) is 129 cm³/mol. The average Bonchev–Trinajstić information content (AvgIpc) is 3.32. The molecular weight excluding hydrogens is 445 g/mol. The van der Waals surface area contributed by atoms with Gasteiger partial charge in [0.2, 0.25) is 5.91 Å². The summed E-state index contributed by atoms with van der Waals surface area (Å²) in [4.78, 5) is 17.5. The van der Waals surface area contributed by atoms with Crippen molar-refractivity contribution >= 4 is 29.1 Å². The Kier molecular flexibility index (Phi) is 8.80. The van der Waals surface area contributed by atoms with E-state index in [1.54, 1.807) is 0 Å². The summed E-state index contributed by atoms with van der Waals surface area (Å²) in [6.45, 7) is 1.67. The highest BCUT2D eigenvalue weighted by Gasteiger charge is 2.40. The number of carbonyl (C=O) groups is 1. The number of nitrogens with zero attached hydrogens (tertiary/aromatic N) is 2. The molecule has 3 aliphatic carbocycles. The van der Waals surface area contributed by atoms with Crippen LogP contribution in [0.25, 0.3) is 0 Å². The first-order valence-corrected chi connectivity index (χ1v) is 13.4. The van der Waals surface area contributed by atoms with Crippen LogP contribution < -0.4 is 5.32 Å². The Morgan fingerprint density at radius 2 is 1.91 bits per heavy atom. The van der Waals surface area contributed by atoms with Gasteiger partial charge in [0.1, 0.15) is 0 Å². The number of methoxy groups -OCH3 is 1. The van der Waals surface area contributed by atoms with Gasteiger partial charge < -0.3 is 14.6 Å². The SMILES string of the molecule is COC1CCCCC1C1CC(Cn2ccnc2)CC(C(=O)NCC2CCC(Cl)C(Cl)C2)C1. The van der Waals surface area contributed by atoms with Gasteiger partial charge in [-0.05, 0) is 75.0 Å². The van der Waals surface area contributed by atoms with E-state index < -0.39 is 0 Å². The number of hydrogen-bond donors (Lipinski definition) is 1. The number of alkyl halides is 2. The first kappa shape index (κ1) is 24.3. The van der Waals surface area contributed by atoms with Crippen molar-refractivity contribution in [3.05, 3.63) is 18.7 Å². The van der Waals surface area contributed by atoms with Crippen LogP contribution in [0.2, 0.25) is 0 Å². The van der Waals surface area contributed by atoms with Gasteiger partial charge in [0.25, 0.3) is 0 Å². The zero-order chi connectivity index (χ0) is 22.5. The molecule has 3 saturated carbocycles. The minimum Gasteiger partial charge on any atom is -0.381 e. The van der Waals surface area contributed by atoms with Gasteiger partial charge in [-0.2, -0.15) is 0 Å². The van der Waals surface area contributed by atoms with Crippen molar-refractivity contribution in [3.8, 4) is 0 Å². The van der Waals surface area contributed by atoms with Crippen LogP contribution in [0.1, 0.15) is 64.2 Å². The molecule has 8 atom stereocenters. The van der Waals surface area contributed by atoms with E-state index >= 15 is 0 Å². The fourth-order valence-corrected chi connectivity index (χ4v) is 7.19. The summed E-state index contributed by atoms with van der Waals surface area (Å²) >= 11 is 12.6. The van der Waals surface area contributed by atoms with Gasteiger partial charge in [0, 0.05) is 43.9 Å². The van der Waals surface area contributed by atoms with Gasteiger partial charge in [0.15, 0.2) is 0 Å². The van der Waals surface area contributed by atoms with Crippen LogP contribution in [0.15, 0.2) is 18.7 Å². The van der Waals surface area contributed by atoms with Crippen LogP contribution in [0, 0.1) is 29.6 Å². The van der Waals surface area contributed by atoms with Gasteiger partial charge in [0.05, 0.1) is 17.8 Å². The first-order chi connectivity index (χ1) is 15.5. The number of ether oxygens (including phenoxy) is 1. The second-order valence-corrected chi connectivity index (χ2v) is 11.6. The third-order valence-electron chi connectivity index (χ3n) is 8.27. The summed E-state index contributed by atoms with van der Waals surface area (Å²) in [5, 5.41) is 3.38. The van der Waals surface area contributed by atoms with E-state index in [9.17, 15) is 4.79 Å². The second kappa shape index (κ2) is 11.6. The molecule has 0 radical (unpaired) electrons. The Labute approximate surface area is 203 Å². The quantitative estimate of drug-likeness (QED) is 0.538. The molecule has 4 rings (SSSR count). The van der Waals surface area contributed by atoms with Crippen molar-refractivity contribution in [2.24, 2.45) is 29.6 Å². The van der Waals surface area contributed by atoms with E-state index in [0.717, 1.165) is 51.6 Å². The number of nitrogens with one attached hydrogen (secondary N) is 1. The molecule has 1 aromatic rings. The lowest BCUT2D eigenvalue weighted by atomic mass is 9.66. The normalized spacial score (nSPS) is 38.3. The minimum absolute atomic E-state index is 0.0169. The molecular formula is C25H39Cl2N3O2. The van der Waals surface area contributed by atoms with Gasteiger partial charge in [-0.1, -0.05) is 12.8 Å². The van der Waals surface area contributed by atoms with E-state index in [1.165, 1.54) is 25.7 Å². The average molecular weight is 485 g/mol. The van der Waals surface area contributed by atoms with E-state index in [-0.39, 0.29) is 22.6 Å². The lowest BCUT2D eigenvalue weighted by Crippen LogP contribution is -2.43. The van der Waals surface area contributed by atoms with E-state index in [1.807, 2.05) is 25.8 Å². The maximum absolute atomic E-state index is 13.3. The Bertz CT molecular complexity index is 716. The minimum atomic E-state index is 0.0169. The molecule has 1 aromatic heterocycles. The van der Waals surface area contributed by atoms with Crippen molar-refractivity contribution in [2.75, 3.05) is 13.7 Å². The number of hydrogen-bond acceptors (Lipinski definition) is 3. The van der Waals surface area contributed by atoms with E-state index in [4.69, 9.17) is 27.9 Å². The largest absolute Gasteiger partial charge is 0.381 e. The molecule has 1 heterocycles. The van der Waals surface area contributed by atoms with Gasteiger partial charge >= 0.3 is 0 Å². The summed E-state index contributed by atoms with van der Waals surface area (Å²) < 4.78 is 8.07. The standard InChI is InChI=1S/C25H39Cl2N3O2/c1-32-24-5-3-2-4-21(24)19-10-18(15-30-9-8-28-16-30)11-20(13-19)25(31)29-14-17-6-7-22(26)23(27)12-17/h8-9,16-24H,2-7,10-15H2,1H3,(H,29,31). The van der Waals surface area contributed by atoms with Crippen LogP contribution in [0.3, 0.4) is 0 Å². The van der Waals surface area contributed by atoms with Crippen molar-refractivity contribution in [2.45, 2.75) is 87.6 Å². The molecule has 7 heteroatoms. The molecule has 180 valence electrons. The van der Waals surface area contributed by atoms with Crippen molar-refractivity contribution in [1.29, 1.82) is 0 Å². The molecule has 0 aromatic carbocycles. The van der Waals surface area contributed by atoms with Crippen LogP contribution in [0.5, 0.6) is 0 Å². The highest BCUT2D eigenvalue weighted by molar-refractivity contribution is 6.30. The third kappa shape index (κ3) is 6.21. The van der Waals surface area contributed by atoms with E-state index in [0.29, 0.717) is 29.8 Å². The fraction of sp³-hybridized carbons (Fsp3) is 0.840. The first-order valence-electron chi connectivity index (χ1n) is 12.6. The lowest BCUT2D eigenvalue weighted by Gasteiger charge is -2.42. The van der Waals surface area contributed by atoms with Crippen molar-refractivity contribution in [3.63, 3.8) is 0 Å². The van der Waals surface area contributed by atoms with Crippen molar-refractivity contribution < 1.29 is 9.53 Å². The fourth-order valence-electron chi connectivity index (χ4n) is 6.58. The molecule has 3 aliphatic rings. The molecule has 1 N–H and O–H groups in total. The molecule has 5 nitrogen and oxygen atoms in total. The number of rotatable bonds is 7. The van der Waals surface area contributed by atoms with Crippen LogP contribution in [-0.4, -0.2) is 46.0 Å². The van der Waals surface area contributed by atoms with Gasteiger partial charge in [-0.15, -0.1) is 23.2 Å². The third-order valence-corrected chi connectivity index (χ3v) is 9.40.